The number of nitro benzene ring substituents is 1. The van der Waals surface area contributed by atoms with Gasteiger partial charge in [-0.05, 0) is 29.3 Å². The number of hydrogen-bond donors (Lipinski definition) is 1. The Morgan fingerprint density at radius 2 is 2.04 bits per heavy atom. The molecule has 0 bridgehead atoms. The molecule has 8 heteroatoms. The van der Waals surface area contributed by atoms with Gasteiger partial charge in [-0.3, -0.25) is 14.9 Å². The Balaban J connectivity index is 1.58. The first kappa shape index (κ1) is 16.8. The highest BCUT2D eigenvalue weighted by molar-refractivity contribution is 6.32. The number of nitro groups is 1. The van der Waals surface area contributed by atoms with E-state index in [9.17, 15) is 14.9 Å². The van der Waals surface area contributed by atoms with Crippen LogP contribution in [0.5, 0.6) is 11.5 Å². The molecule has 1 heterocycles. The van der Waals surface area contributed by atoms with Crippen molar-refractivity contribution in [2.45, 2.75) is 6.54 Å². The molecule has 128 valence electrons. The Bertz CT molecular complexity index is 849. The predicted molar refractivity (Wildman–Crippen MR) is 91.6 cm³/mol. The standard InChI is InChI=1S/C17H13ClN2O5/c18-14-7-12(8-15-17(14)25-10-24-15)3-6-16(21)19-9-11-1-4-13(5-2-11)20(22)23/h1-8H,9-10H2,(H,19,21)/b6-3+. The number of non-ortho nitro benzene ring substituents is 1. The van der Waals surface area contributed by atoms with Gasteiger partial charge in [-0.15, -0.1) is 0 Å². The molecular formula is C17H13ClN2O5. The molecule has 7 nitrogen and oxygen atoms in total. The Kier molecular flexibility index (Phi) is 4.85. The van der Waals surface area contributed by atoms with Crippen LogP contribution in [-0.4, -0.2) is 17.6 Å². The lowest BCUT2D eigenvalue weighted by Crippen LogP contribution is -2.20. The van der Waals surface area contributed by atoms with E-state index in [1.807, 2.05) is 0 Å². The number of nitrogens with one attached hydrogen (secondary N) is 1. The molecule has 0 atom stereocenters. The Labute approximate surface area is 148 Å². The molecule has 1 N–H and O–H groups in total. The maximum Gasteiger partial charge on any atom is 0.269 e. The van der Waals surface area contributed by atoms with E-state index in [1.165, 1.54) is 18.2 Å². The maximum absolute atomic E-state index is 11.9. The van der Waals surface area contributed by atoms with E-state index < -0.39 is 4.92 Å². The third kappa shape index (κ3) is 4.07. The van der Waals surface area contributed by atoms with Gasteiger partial charge in [0.05, 0.1) is 9.95 Å². The topological polar surface area (TPSA) is 90.7 Å². The van der Waals surface area contributed by atoms with Gasteiger partial charge < -0.3 is 14.8 Å². The summed E-state index contributed by atoms with van der Waals surface area (Å²) in [6, 6.07) is 9.39. The summed E-state index contributed by atoms with van der Waals surface area (Å²) >= 11 is 6.08. The van der Waals surface area contributed by atoms with Crippen LogP contribution >= 0.6 is 11.6 Å². The van der Waals surface area contributed by atoms with Crippen LogP contribution < -0.4 is 14.8 Å². The minimum atomic E-state index is -0.471. The summed E-state index contributed by atoms with van der Waals surface area (Å²) in [5.41, 5.74) is 1.48. The summed E-state index contributed by atoms with van der Waals surface area (Å²) in [7, 11) is 0. The Morgan fingerprint density at radius 1 is 1.28 bits per heavy atom. The molecule has 2 aromatic carbocycles. The maximum atomic E-state index is 11.9. The van der Waals surface area contributed by atoms with Gasteiger partial charge in [-0.2, -0.15) is 0 Å². The second-order valence-electron chi connectivity index (χ2n) is 5.21. The zero-order chi connectivity index (χ0) is 17.8. The quantitative estimate of drug-likeness (QED) is 0.502. The van der Waals surface area contributed by atoms with Crippen molar-refractivity contribution in [2.24, 2.45) is 0 Å². The van der Waals surface area contributed by atoms with Crippen molar-refractivity contribution in [2.75, 3.05) is 6.79 Å². The molecule has 0 unspecified atom stereocenters. The molecule has 0 radical (unpaired) electrons. The van der Waals surface area contributed by atoms with Gasteiger partial charge in [0.15, 0.2) is 11.5 Å². The fourth-order valence-corrected chi connectivity index (χ4v) is 2.51. The van der Waals surface area contributed by atoms with Crippen LogP contribution in [0.3, 0.4) is 0 Å². The highest BCUT2D eigenvalue weighted by Gasteiger charge is 2.17. The SMILES string of the molecule is O=C(/C=C/c1cc(Cl)c2c(c1)OCO2)NCc1ccc([N+](=O)[O-])cc1. The van der Waals surface area contributed by atoms with Crippen LogP contribution in [0.25, 0.3) is 6.08 Å². The van der Waals surface area contributed by atoms with E-state index >= 15 is 0 Å². The van der Waals surface area contributed by atoms with Gasteiger partial charge in [0.2, 0.25) is 12.7 Å². The van der Waals surface area contributed by atoms with Gasteiger partial charge in [0.1, 0.15) is 0 Å². The summed E-state index contributed by atoms with van der Waals surface area (Å²) in [4.78, 5) is 22.0. The lowest BCUT2D eigenvalue weighted by Gasteiger charge is -2.03. The van der Waals surface area contributed by atoms with E-state index in [-0.39, 0.29) is 24.9 Å². The van der Waals surface area contributed by atoms with Crippen LogP contribution in [0.15, 0.2) is 42.5 Å². The van der Waals surface area contributed by atoms with Crippen molar-refractivity contribution in [3.63, 3.8) is 0 Å². The van der Waals surface area contributed by atoms with Crippen molar-refractivity contribution >= 4 is 29.3 Å². The number of halogens is 1. The zero-order valence-electron chi connectivity index (χ0n) is 12.9. The lowest BCUT2D eigenvalue weighted by molar-refractivity contribution is -0.384. The average Bonchev–Trinajstić information content (AvgIpc) is 3.07. The van der Waals surface area contributed by atoms with Crippen molar-refractivity contribution in [1.29, 1.82) is 0 Å². The predicted octanol–water partition coefficient (Wildman–Crippen LogP) is 3.31. The number of fused-ring (bicyclic) bond motifs is 1. The number of nitrogens with zero attached hydrogens (tertiary/aromatic N) is 1. The van der Waals surface area contributed by atoms with Gasteiger partial charge >= 0.3 is 0 Å². The first-order valence-corrected chi connectivity index (χ1v) is 7.69. The molecular weight excluding hydrogens is 348 g/mol. The van der Waals surface area contributed by atoms with E-state index in [4.69, 9.17) is 21.1 Å². The number of carbonyl (C=O) groups is 1. The van der Waals surface area contributed by atoms with Crippen LogP contribution in [0.4, 0.5) is 5.69 Å². The minimum Gasteiger partial charge on any atom is -0.454 e. The van der Waals surface area contributed by atoms with Crippen LogP contribution in [0.2, 0.25) is 5.02 Å². The van der Waals surface area contributed by atoms with Gasteiger partial charge in [-0.25, -0.2) is 0 Å². The third-order valence-electron chi connectivity index (χ3n) is 3.49. The monoisotopic (exact) mass is 360 g/mol. The van der Waals surface area contributed by atoms with E-state index in [0.29, 0.717) is 22.1 Å². The molecule has 25 heavy (non-hydrogen) atoms. The van der Waals surface area contributed by atoms with Crippen molar-refractivity contribution < 1.29 is 19.2 Å². The molecule has 2 aromatic rings. The fraction of sp³-hybridized carbons (Fsp3) is 0.118. The van der Waals surface area contributed by atoms with Gasteiger partial charge in [-0.1, -0.05) is 23.7 Å². The van der Waals surface area contributed by atoms with E-state index in [2.05, 4.69) is 5.32 Å². The second kappa shape index (κ2) is 7.23. The smallest absolute Gasteiger partial charge is 0.269 e. The Hall–Kier alpha value is -3.06. The number of amides is 1. The van der Waals surface area contributed by atoms with E-state index in [1.54, 1.807) is 30.3 Å². The molecule has 1 amide bonds. The molecule has 0 spiro atoms. The fourth-order valence-electron chi connectivity index (χ4n) is 2.24. The lowest BCUT2D eigenvalue weighted by atomic mass is 10.2. The number of hydrogen-bond acceptors (Lipinski definition) is 5. The first-order chi connectivity index (χ1) is 12.0. The second-order valence-corrected chi connectivity index (χ2v) is 5.62. The highest BCUT2D eigenvalue weighted by Crippen LogP contribution is 2.40. The van der Waals surface area contributed by atoms with Crippen LogP contribution in [-0.2, 0) is 11.3 Å². The van der Waals surface area contributed by atoms with Crippen LogP contribution in [0.1, 0.15) is 11.1 Å². The molecule has 1 aliphatic rings. The summed E-state index contributed by atoms with van der Waals surface area (Å²) in [6.45, 7) is 0.390. The average molecular weight is 361 g/mol. The van der Waals surface area contributed by atoms with Gasteiger partial charge in [0.25, 0.3) is 5.69 Å². The number of carbonyl (C=O) groups excluding carboxylic acids is 1. The highest BCUT2D eigenvalue weighted by atomic mass is 35.5. The van der Waals surface area contributed by atoms with Crippen molar-refractivity contribution in [3.05, 3.63) is 68.7 Å². The van der Waals surface area contributed by atoms with Gasteiger partial charge in [0, 0.05) is 24.8 Å². The summed E-state index contributed by atoms with van der Waals surface area (Å²) in [5, 5.41) is 13.7. The van der Waals surface area contributed by atoms with Crippen molar-refractivity contribution in [1.82, 2.24) is 5.32 Å². The summed E-state index contributed by atoms with van der Waals surface area (Å²) in [5.74, 6) is 0.743. The number of ether oxygens (including phenoxy) is 2. The third-order valence-corrected chi connectivity index (χ3v) is 3.77. The molecule has 0 aliphatic carbocycles. The molecule has 0 saturated heterocycles. The van der Waals surface area contributed by atoms with E-state index in [0.717, 1.165) is 5.56 Å². The molecule has 0 aromatic heterocycles. The number of rotatable bonds is 5. The summed E-state index contributed by atoms with van der Waals surface area (Å²) in [6.07, 6.45) is 2.98. The molecule has 0 saturated carbocycles. The zero-order valence-corrected chi connectivity index (χ0v) is 13.7. The molecule has 0 fully saturated rings. The molecule has 1 aliphatic heterocycles. The van der Waals surface area contributed by atoms with Crippen molar-refractivity contribution in [3.8, 4) is 11.5 Å². The minimum absolute atomic E-state index is 0.00894. The number of benzene rings is 2. The Morgan fingerprint density at radius 3 is 2.76 bits per heavy atom. The normalized spacial score (nSPS) is 12.4. The largest absolute Gasteiger partial charge is 0.454 e. The van der Waals surface area contributed by atoms with Crippen LogP contribution in [0, 0.1) is 10.1 Å². The first-order valence-electron chi connectivity index (χ1n) is 7.31. The molecule has 3 rings (SSSR count). The summed E-state index contributed by atoms with van der Waals surface area (Å²) < 4.78 is 10.5.